The normalized spacial score (nSPS) is 10.6. The van der Waals surface area contributed by atoms with Gasteiger partial charge in [-0.25, -0.2) is 4.98 Å². The molecule has 0 aliphatic rings. The molecular formula is C20H21BrN4. The van der Waals surface area contributed by atoms with Gasteiger partial charge in [0, 0.05) is 28.5 Å². The van der Waals surface area contributed by atoms with E-state index in [4.69, 9.17) is 0 Å². The van der Waals surface area contributed by atoms with Crippen LogP contribution in [0.25, 0.3) is 0 Å². The molecule has 2 N–H and O–H groups in total. The summed E-state index contributed by atoms with van der Waals surface area (Å²) in [5.74, 6) is 1.41. The molecule has 0 bridgehead atoms. The minimum atomic E-state index is 0.624. The second kappa shape index (κ2) is 7.66. The van der Waals surface area contributed by atoms with Crippen molar-refractivity contribution >= 4 is 33.4 Å². The highest BCUT2D eigenvalue weighted by molar-refractivity contribution is 9.10. The number of anilines is 3. The predicted molar refractivity (Wildman–Crippen MR) is 107 cm³/mol. The molecule has 0 saturated heterocycles. The van der Waals surface area contributed by atoms with Crippen LogP contribution in [0.15, 0.2) is 53.0 Å². The van der Waals surface area contributed by atoms with Crippen molar-refractivity contribution < 1.29 is 0 Å². The first-order chi connectivity index (χ1) is 12.0. The third-order valence-electron chi connectivity index (χ3n) is 3.84. The maximum atomic E-state index is 4.58. The Morgan fingerprint density at radius 1 is 0.960 bits per heavy atom. The van der Waals surface area contributed by atoms with E-state index in [1.54, 1.807) is 0 Å². The summed E-state index contributed by atoms with van der Waals surface area (Å²) in [6.07, 6.45) is 0. The lowest BCUT2D eigenvalue weighted by molar-refractivity contribution is 1.03. The number of halogens is 1. The largest absolute Gasteiger partial charge is 0.350 e. The summed E-state index contributed by atoms with van der Waals surface area (Å²) < 4.78 is 1.06. The van der Waals surface area contributed by atoms with Gasteiger partial charge in [0.25, 0.3) is 0 Å². The molecule has 0 saturated carbocycles. The highest BCUT2D eigenvalue weighted by Gasteiger charge is 2.05. The Balaban J connectivity index is 1.76. The lowest BCUT2D eigenvalue weighted by atomic mass is 10.1. The average molecular weight is 397 g/mol. The second-order valence-electron chi connectivity index (χ2n) is 6.15. The van der Waals surface area contributed by atoms with Crippen LogP contribution in [0.3, 0.4) is 0 Å². The Morgan fingerprint density at radius 2 is 1.80 bits per heavy atom. The molecular weight excluding hydrogens is 376 g/mol. The smallest absolute Gasteiger partial charge is 0.225 e. The number of aromatic nitrogens is 2. The van der Waals surface area contributed by atoms with E-state index < -0.39 is 0 Å². The summed E-state index contributed by atoms with van der Waals surface area (Å²) in [4.78, 5) is 9.06. The van der Waals surface area contributed by atoms with Gasteiger partial charge in [-0.15, -0.1) is 0 Å². The molecule has 25 heavy (non-hydrogen) atoms. The van der Waals surface area contributed by atoms with Crippen molar-refractivity contribution in [1.29, 1.82) is 0 Å². The van der Waals surface area contributed by atoms with Crippen LogP contribution < -0.4 is 10.6 Å². The third kappa shape index (κ3) is 4.79. The lowest BCUT2D eigenvalue weighted by Crippen LogP contribution is -2.06. The molecule has 1 aromatic heterocycles. The van der Waals surface area contributed by atoms with Gasteiger partial charge in [0.15, 0.2) is 0 Å². The molecule has 0 aliphatic heterocycles. The molecule has 0 amide bonds. The molecule has 128 valence electrons. The fourth-order valence-electron chi connectivity index (χ4n) is 2.62. The van der Waals surface area contributed by atoms with Gasteiger partial charge in [-0.2, -0.15) is 4.98 Å². The van der Waals surface area contributed by atoms with Gasteiger partial charge in [0.05, 0.1) is 0 Å². The van der Waals surface area contributed by atoms with Crippen LogP contribution in [0.1, 0.15) is 22.4 Å². The van der Waals surface area contributed by atoms with Gasteiger partial charge in [-0.05, 0) is 50.1 Å². The van der Waals surface area contributed by atoms with Crippen molar-refractivity contribution in [2.24, 2.45) is 0 Å². The molecule has 0 atom stereocenters. The zero-order chi connectivity index (χ0) is 17.8. The molecule has 5 heteroatoms. The Labute approximate surface area is 156 Å². The van der Waals surface area contributed by atoms with E-state index in [-0.39, 0.29) is 0 Å². The Hall–Kier alpha value is -2.40. The van der Waals surface area contributed by atoms with E-state index in [1.165, 1.54) is 11.1 Å². The number of hydrogen-bond acceptors (Lipinski definition) is 4. The molecule has 3 aromatic rings. The molecule has 0 aliphatic carbocycles. The molecule has 1 heterocycles. The van der Waals surface area contributed by atoms with Crippen LogP contribution in [0.4, 0.5) is 17.5 Å². The van der Waals surface area contributed by atoms with Gasteiger partial charge in [0.1, 0.15) is 5.82 Å². The first-order valence-electron chi connectivity index (χ1n) is 8.18. The van der Waals surface area contributed by atoms with Crippen LogP contribution in [-0.2, 0) is 6.54 Å². The van der Waals surface area contributed by atoms with Crippen molar-refractivity contribution in [2.45, 2.75) is 27.3 Å². The first-order valence-corrected chi connectivity index (χ1v) is 8.97. The summed E-state index contributed by atoms with van der Waals surface area (Å²) in [5, 5.41) is 6.69. The van der Waals surface area contributed by atoms with Crippen LogP contribution in [0, 0.1) is 20.8 Å². The summed E-state index contributed by atoms with van der Waals surface area (Å²) in [5.41, 5.74) is 5.56. The van der Waals surface area contributed by atoms with Gasteiger partial charge < -0.3 is 10.6 Å². The quantitative estimate of drug-likeness (QED) is 0.595. The summed E-state index contributed by atoms with van der Waals surface area (Å²) in [6, 6.07) is 16.5. The van der Waals surface area contributed by atoms with Crippen molar-refractivity contribution in [3.63, 3.8) is 0 Å². The van der Waals surface area contributed by atoms with E-state index in [0.29, 0.717) is 12.5 Å². The van der Waals surface area contributed by atoms with Gasteiger partial charge in [-0.1, -0.05) is 45.8 Å². The van der Waals surface area contributed by atoms with E-state index >= 15 is 0 Å². The monoisotopic (exact) mass is 396 g/mol. The zero-order valence-electron chi connectivity index (χ0n) is 14.6. The highest BCUT2D eigenvalue weighted by Crippen LogP contribution is 2.23. The zero-order valence-corrected chi connectivity index (χ0v) is 16.2. The third-order valence-corrected chi connectivity index (χ3v) is 4.33. The molecule has 0 spiro atoms. The summed E-state index contributed by atoms with van der Waals surface area (Å²) in [7, 11) is 0. The minimum Gasteiger partial charge on any atom is -0.350 e. The van der Waals surface area contributed by atoms with Crippen molar-refractivity contribution in [3.8, 4) is 0 Å². The van der Waals surface area contributed by atoms with Crippen LogP contribution in [0.5, 0.6) is 0 Å². The van der Waals surface area contributed by atoms with Gasteiger partial charge >= 0.3 is 0 Å². The number of hydrogen-bond donors (Lipinski definition) is 2. The van der Waals surface area contributed by atoms with E-state index in [0.717, 1.165) is 27.2 Å². The fourth-order valence-corrected chi connectivity index (χ4v) is 3.10. The Kier molecular flexibility index (Phi) is 5.34. The number of nitrogens with zero attached hydrogens (tertiary/aromatic N) is 2. The van der Waals surface area contributed by atoms with Crippen molar-refractivity contribution in [1.82, 2.24) is 9.97 Å². The molecule has 0 radical (unpaired) electrons. The van der Waals surface area contributed by atoms with Crippen LogP contribution in [-0.4, -0.2) is 9.97 Å². The first kappa shape index (κ1) is 17.4. The SMILES string of the molecule is Cc1cccc(CNc2nc(C)cc(Nc3ccc(Br)cc3C)n2)c1. The van der Waals surface area contributed by atoms with E-state index in [1.807, 2.05) is 25.1 Å². The van der Waals surface area contributed by atoms with Crippen LogP contribution in [0.2, 0.25) is 0 Å². The Morgan fingerprint density at radius 3 is 2.56 bits per heavy atom. The minimum absolute atomic E-state index is 0.624. The highest BCUT2D eigenvalue weighted by atomic mass is 79.9. The average Bonchev–Trinajstić information content (AvgIpc) is 2.55. The summed E-state index contributed by atoms with van der Waals surface area (Å²) in [6.45, 7) is 6.83. The van der Waals surface area contributed by atoms with E-state index in [9.17, 15) is 0 Å². The number of aryl methyl sites for hydroxylation is 3. The van der Waals surface area contributed by atoms with Crippen molar-refractivity contribution in [3.05, 3.63) is 75.4 Å². The molecule has 0 fully saturated rings. The standard InChI is InChI=1S/C20H21BrN4/c1-13-5-4-6-16(9-13)12-22-20-23-15(3)11-19(25-20)24-18-8-7-17(21)10-14(18)2/h4-11H,12H2,1-3H3,(H2,22,23,24,25). The summed E-state index contributed by atoms with van der Waals surface area (Å²) >= 11 is 3.49. The van der Waals surface area contributed by atoms with Gasteiger partial charge in [-0.3, -0.25) is 0 Å². The predicted octanol–water partition coefficient (Wildman–Crippen LogP) is 5.52. The fraction of sp³-hybridized carbons (Fsp3) is 0.200. The molecule has 3 rings (SSSR count). The van der Waals surface area contributed by atoms with Crippen molar-refractivity contribution in [2.75, 3.05) is 10.6 Å². The number of rotatable bonds is 5. The molecule has 4 nitrogen and oxygen atoms in total. The lowest BCUT2D eigenvalue weighted by Gasteiger charge is -2.12. The Bertz CT molecular complexity index is 893. The molecule has 2 aromatic carbocycles. The number of benzene rings is 2. The second-order valence-corrected chi connectivity index (χ2v) is 7.06. The maximum absolute atomic E-state index is 4.58. The topological polar surface area (TPSA) is 49.8 Å². The van der Waals surface area contributed by atoms with E-state index in [2.05, 4.69) is 80.7 Å². The van der Waals surface area contributed by atoms with Gasteiger partial charge in [0.2, 0.25) is 5.95 Å². The maximum Gasteiger partial charge on any atom is 0.225 e. The molecule has 0 unspecified atom stereocenters. The van der Waals surface area contributed by atoms with Crippen LogP contribution >= 0.6 is 15.9 Å². The number of nitrogens with one attached hydrogen (secondary N) is 2.